The molecule has 0 aliphatic rings. The van der Waals surface area contributed by atoms with Crippen molar-refractivity contribution in [3.63, 3.8) is 0 Å². The van der Waals surface area contributed by atoms with E-state index in [2.05, 4.69) is 15.3 Å². The van der Waals surface area contributed by atoms with Crippen LogP contribution in [0.4, 0.5) is 19.1 Å². The van der Waals surface area contributed by atoms with Crippen molar-refractivity contribution in [1.82, 2.24) is 9.97 Å². The maximum absolute atomic E-state index is 12.5. The second kappa shape index (κ2) is 4.59. The maximum atomic E-state index is 12.5. The number of anilines is 1. The molecule has 0 saturated heterocycles. The summed E-state index contributed by atoms with van der Waals surface area (Å²) in [5, 5.41) is 12.0. The van der Waals surface area contributed by atoms with E-state index in [9.17, 15) is 13.2 Å². The number of nitrogens with one attached hydrogen (secondary N) is 2. The number of phenols is 1. The highest BCUT2D eigenvalue weighted by Crippen LogP contribution is 2.36. The van der Waals surface area contributed by atoms with E-state index in [1.54, 1.807) is 6.20 Å². The van der Waals surface area contributed by atoms with Crippen LogP contribution in [-0.2, 0) is 12.7 Å². The molecule has 0 aliphatic carbocycles. The predicted molar refractivity (Wildman–Crippen MR) is 59.0 cm³/mol. The van der Waals surface area contributed by atoms with Crippen LogP contribution in [0, 0.1) is 0 Å². The first kappa shape index (κ1) is 12.3. The van der Waals surface area contributed by atoms with E-state index >= 15 is 0 Å². The van der Waals surface area contributed by atoms with Gasteiger partial charge in [0.15, 0.2) is 5.95 Å². The molecule has 1 aromatic heterocycles. The Bertz CT molecular complexity index is 523. The third-order valence-corrected chi connectivity index (χ3v) is 2.32. The molecule has 0 aliphatic heterocycles. The number of halogens is 3. The minimum Gasteiger partial charge on any atom is -0.507 e. The molecule has 18 heavy (non-hydrogen) atoms. The second-order valence-electron chi connectivity index (χ2n) is 3.64. The zero-order valence-corrected chi connectivity index (χ0v) is 9.12. The van der Waals surface area contributed by atoms with Crippen LogP contribution >= 0.6 is 0 Å². The quantitative estimate of drug-likeness (QED) is 0.792. The Balaban J connectivity index is 2.15. The second-order valence-corrected chi connectivity index (χ2v) is 3.64. The molecule has 0 saturated carbocycles. The van der Waals surface area contributed by atoms with Crippen LogP contribution in [0.2, 0.25) is 0 Å². The molecule has 1 aromatic carbocycles. The molecule has 1 heterocycles. The Hall–Kier alpha value is -2.18. The summed E-state index contributed by atoms with van der Waals surface area (Å²) in [6.45, 7) is 0.177. The van der Waals surface area contributed by atoms with Gasteiger partial charge in [-0.15, -0.1) is 0 Å². The van der Waals surface area contributed by atoms with E-state index in [0.29, 0.717) is 11.5 Å². The van der Waals surface area contributed by atoms with Crippen LogP contribution in [-0.4, -0.2) is 15.1 Å². The number of aromatic amines is 1. The van der Waals surface area contributed by atoms with Crippen LogP contribution in [0.1, 0.15) is 11.1 Å². The first-order valence-electron chi connectivity index (χ1n) is 5.09. The molecule has 3 N–H and O–H groups in total. The number of hydrogen-bond donors (Lipinski definition) is 3. The van der Waals surface area contributed by atoms with Crippen molar-refractivity contribution in [3.8, 4) is 5.75 Å². The lowest BCUT2D eigenvalue weighted by molar-refractivity contribution is -0.138. The Kier molecular flexibility index (Phi) is 3.14. The van der Waals surface area contributed by atoms with Crippen LogP contribution < -0.4 is 5.32 Å². The third-order valence-electron chi connectivity index (χ3n) is 2.32. The molecule has 7 heteroatoms. The number of hydrogen-bond acceptors (Lipinski definition) is 3. The van der Waals surface area contributed by atoms with Gasteiger partial charge < -0.3 is 15.4 Å². The standard InChI is InChI=1S/C11H10F3N3O/c12-11(13,14)8-5-7(1-2-9(8)18)6-17-10-15-3-4-16-10/h1-5,18H,6H2,(H2,15,16,17). The molecule has 96 valence electrons. The normalized spacial score (nSPS) is 11.5. The smallest absolute Gasteiger partial charge is 0.419 e. The van der Waals surface area contributed by atoms with Crippen LogP contribution in [0.3, 0.4) is 0 Å². The zero-order valence-electron chi connectivity index (χ0n) is 9.12. The van der Waals surface area contributed by atoms with Crippen molar-refractivity contribution in [2.75, 3.05) is 5.32 Å². The van der Waals surface area contributed by atoms with Gasteiger partial charge in [-0.2, -0.15) is 13.2 Å². The molecule has 2 rings (SSSR count). The first-order valence-corrected chi connectivity index (χ1v) is 5.09. The fourth-order valence-corrected chi connectivity index (χ4v) is 1.47. The minimum absolute atomic E-state index is 0.177. The fraction of sp³-hybridized carbons (Fsp3) is 0.182. The summed E-state index contributed by atoms with van der Waals surface area (Å²) < 4.78 is 37.6. The summed E-state index contributed by atoms with van der Waals surface area (Å²) in [6, 6.07) is 3.35. The summed E-state index contributed by atoms with van der Waals surface area (Å²) in [4.78, 5) is 6.65. The molecule has 0 fully saturated rings. The largest absolute Gasteiger partial charge is 0.507 e. The van der Waals surface area contributed by atoms with Crippen molar-refractivity contribution in [3.05, 3.63) is 41.7 Å². The topological polar surface area (TPSA) is 60.9 Å². The van der Waals surface area contributed by atoms with Crippen molar-refractivity contribution in [2.24, 2.45) is 0 Å². The number of aromatic hydroxyl groups is 1. The molecule has 0 unspecified atom stereocenters. The number of benzene rings is 1. The van der Waals surface area contributed by atoms with Crippen LogP contribution in [0.15, 0.2) is 30.6 Å². The summed E-state index contributed by atoms with van der Waals surface area (Å²) in [6.07, 6.45) is -1.44. The Morgan fingerprint density at radius 1 is 1.33 bits per heavy atom. The SMILES string of the molecule is Oc1ccc(CNc2ncc[nH]2)cc1C(F)(F)F. The number of phenolic OH excluding ortho intramolecular Hbond substituents is 1. The number of aromatic nitrogens is 2. The van der Waals surface area contributed by atoms with Crippen molar-refractivity contribution in [1.29, 1.82) is 0 Å². The molecule has 0 bridgehead atoms. The monoisotopic (exact) mass is 257 g/mol. The van der Waals surface area contributed by atoms with Gasteiger partial charge in [0.25, 0.3) is 0 Å². The Morgan fingerprint density at radius 2 is 2.11 bits per heavy atom. The van der Waals surface area contributed by atoms with Gasteiger partial charge in [-0.05, 0) is 17.7 Å². The number of alkyl halides is 3. The van der Waals surface area contributed by atoms with Crippen LogP contribution in [0.25, 0.3) is 0 Å². The van der Waals surface area contributed by atoms with Gasteiger partial charge in [0, 0.05) is 18.9 Å². The fourth-order valence-electron chi connectivity index (χ4n) is 1.47. The number of imidazole rings is 1. The number of rotatable bonds is 3. The Morgan fingerprint density at radius 3 is 2.72 bits per heavy atom. The molecule has 2 aromatic rings. The maximum Gasteiger partial charge on any atom is 0.419 e. The summed E-state index contributed by atoms with van der Waals surface area (Å²) in [5.41, 5.74) is -0.641. The lowest BCUT2D eigenvalue weighted by Gasteiger charge is -2.11. The van der Waals surface area contributed by atoms with Gasteiger partial charge in [0.1, 0.15) is 5.75 Å². The average Bonchev–Trinajstić information content (AvgIpc) is 2.79. The zero-order chi connectivity index (χ0) is 13.2. The van der Waals surface area contributed by atoms with Gasteiger partial charge in [0.2, 0.25) is 0 Å². The van der Waals surface area contributed by atoms with Gasteiger partial charge in [-0.1, -0.05) is 6.07 Å². The molecule has 0 radical (unpaired) electrons. The van der Waals surface area contributed by atoms with Crippen molar-refractivity contribution >= 4 is 5.95 Å². The lowest BCUT2D eigenvalue weighted by Crippen LogP contribution is -2.07. The van der Waals surface area contributed by atoms with Crippen molar-refractivity contribution in [2.45, 2.75) is 12.7 Å². The third kappa shape index (κ3) is 2.73. The van der Waals surface area contributed by atoms with Crippen molar-refractivity contribution < 1.29 is 18.3 Å². The minimum atomic E-state index is -4.56. The summed E-state index contributed by atoms with van der Waals surface area (Å²) in [7, 11) is 0. The van der Waals surface area contributed by atoms with Gasteiger partial charge in [-0.3, -0.25) is 0 Å². The lowest BCUT2D eigenvalue weighted by atomic mass is 10.1. The van der Waals surface area contributed by atoms with E-state index in [4.69, 9.17) is 5.11 Å². The summed E-state index contributed by atoms with van der Waals surface area (Å²) >= 11 is 0. The van der Waals surface area contributed by atoms with E-state index in [1.165, 1.54) is 12.3 Å². The number of H-pyrrole nitrogens is 1. The molecule has 0 atom stereocenters. The molecule has 0 spiro atoms. The highest BCUT2D eigenvalue weighted by atomic mass is 19.4. The van der Waals surface area contributed by atoms with E-state index < -0.39 is 17.5 Å². The molecule has 0 amide bonds. The molecular formula is C11H10F3N3O. The van der Waals surface area contributed by atoms with Gasteiger partial charge >= 0.3 is 6.18 Å². The average molecular weight is 257 g/mol. The van der Waals surface area contributed by atoms with E-state index in [1.807, 2.05) is 0 Å². The van der Waals surface area contributed by atoms with Crippen LogP contribution in [0.5, 0.6) is 5.75 Å². The van der Waals surface area contributed by atoms with Gasteiger partial charge in [0.05, 0.1) is 5.56 Å². The number of nitrogens with zero attached hydrogens (tertiary/aromatic N) is 1. The molecule has 4 nitrogen and oxygen atoms in total. The molecular weight excluding hydrogens is 247 g/mol. The predicted octanol–water partition coefficient (Wildman–Crippen LogP) is 2.75. The van der Waals surface area contributed by atoms with Gasteiger partial charge in [-0.25, -0.2) is 4.98 Å². The summed E-state index contributed by atoms with van der Waals surface area (Å²) in [5.74, 6) is -0.305. The Labute approximate surface area is 100 Å². The van der Waals surface area contributed by atoms with E-state index in [0.717, 1.165) is 12.1 Å². The highest BCUT2D eigenvalue weighted by Gasteiger charge is 2.33. The van der Waals surface area contributed by atoms with E-state index in [-0.39, 0.29) is 6.54 Å². The highest BCUT2D eigenvalue weighted by molar-refractivity contribution is 5.39. The first-order chi connectivity index (χ1) is 8.47.